The van der Waals surface area contributed by atoms with Gasteiger partial charge >= 0.3 is 0 Å². The Morgan fingerprint density at radius 1 is 1.40 bits per heavy atom. The van der Waals surface area contributed by atoms with Gasteiger partial charge < -0.3 is 10.2 Å². The van der Waals surface area contributed by atoms with Crippen molar-refractivity contribution in [2.45, 2.75) is 26.7 Å². The van der Waals surface area contributed by atoms with E-state index in [1.807, 2.05) is 19.1 Å². The summed E-state index contributed by atoms with van der Waals surface area (Å²) in [6.07, 6.45) is 2.30. The lowest BCUT2D eigenvalue weighted by Gasteiger charge is -2.30. The van der Waals surface area contributed by atoms with Crippen LogP contribution in [0.2, 0.25) is 0 Å². The van der Waals surface area contributed by atoms with Crippen molar-refractivity contribution in [3.05, 3.63) is 33.9 Å². The standard InChI is InChI=1S/C15H23N3O2/c1-3-17(11-13-6-8-16-9-7-13)14-5-4-12(2)10-15(14)18(19)20/h4-5,10,13,16H,3,6-9,11H2,1-2H3. The largest absolute Gasteiger partial charge is 0.366 e. The Labute approximate surface area is 120 Å². The lowest BCUT2D eigenvalue weighted by molar-refractivity contribution is -0.384. The van der Waals surface area contributed by atoms with Crippen LogP contribution < -0.4 is 10.2 Å². The van der Waals surface area contributed by atoms with E-state index in [1.165, 1.54) is 0 Å². The lowest BCUT2D eigenvalue weighted by atomic mass is 9.97. The smallest absolute Gasteiger partial charge is 0.292 e. The third-order valence-electron chi connectivity index (χ3n) is 3.99. The van der Waals surface area contributed by atoms with Crippen LogP contribution >= 0.6 is 0 Å². The Hall–Kier alpha value is -1.62. The zero-order valence-corrected chi connectivity index (χ0v) is 12.3. The number of nitrogens with zero attached hydrogens (tertiary/aromatic N) is 2. The molecule has 0 bridgehead atoms. The minimum Gasteiger partial charge on any atom is -0.366 e. The third kappa shape index (κ3) is 3.48. The van der Waals surface area contributed by atoms with Crippen molar-refractivity contribution in [3.63, 3.8) is 0 Å². The molecule has 0 unspecified atom stereocenters. The Bertz CT molecular complexity index is 470. The molecular formula is C15H23N3O2. The molecule has 20 heavy (non-hydrogen) atoms. The lowest BCUT2D eigenvalue weighted by Crippen LogP contribution is -2.36. The maximum Gasteiger partial charge on any atom is 0.292 e. The van der Waals surface area contributed by atoms with Crippen molar-refractivity contribution in [1.82, 2.24) is 5.32 Å². The first-order valence-corrected chi connectivity index (χ1v) is 7.32. The summed E-state index contributed by atoms with van der Waals surface area (Å²) in [7, 11) is 0. The van der Waals surface area contributed by atoms with E-state index in [-0.39, 0.29) is 10.6 Å². The fraction of sp³-hybridized carbons (Fsp3) is 0.600. The minimum absolute atomic E-state index is 0.223. The van der Waals surface area contributed by atoms with Gasteiger partial charge in [0.15, 0.2) is 0 Å². The Kier molecular flexibility index (Phi) is 4.95. The Balaban J connectivity index is 2.19. The number of rotatable bonds is 5. The maximum absolute atomic E-state index is 11.3. The van der Waals surface area contributed by atoms with Crippen molar-refractivity contribution in [1.29, 1.82) is 0 Å². The molecule has 0 amide bonds. The number of piperidine rings is 1. The molecule has 1 heterocycles. The molecule has 5 nitrogen and oxygen atoms in total. The molecule has 0 atom stereocenters. The molecule has 2 rings (SSSR count). The first kappa shape index (κ1) is 14.8. The van der Waals surface area contributed by atoms with Crippen LogP contribution in [0.25, 0.3) is 0 Å². The van der Waals surface area contributed by atoms with Gasteiger partial charge in [0.05, 0.1) is 4.92 Å². The van der Waals surface area contributed by atoms with Crippen LogP contribution in [0.3, 0.4) is 0 Å². The molecule has 0 spiro atoms. The highest BCUT2D eigenvalue weighted by atomic mass is 16.6. The van der Waals surface area contributed by atoms with Crippen LogP contribution in [0.4, 0.5) is 11.4 Å². The van der Waals surface area contributed by atoms with Crippen molar-refractivity contribution in [2.24, 2.45) is 5.92 Å². The molecule has 5 heteroatoms. The van der Waals surface area contributed by atoms with Gasteiger partial charge in [-0.1, -0.05) is 6.07 Å². The van der Waals surface area contributed by atoms with Gasteiger partial charge in [-0.15, -0.1) is 0 Å². The van der Waals surface area contributed by atoms with Gasteiger partial charge in [0, 0.05) is 19.2 Å². The van der Waals surface area contributed by atoms with E-state index in [4.69, 9.17) is 0 Å². The predicted molar refractivity (Wildman–Crippen MR) is 81.3 cm³/mol. The Morgan fingerprint density at radius 2 is 2.10 bits per heavy atom. The van der Waals surface area contributed by atoms with Crippen LogP contribution in [-0.2, 0) is 0 Å². The molecule has 0 aromatic heterocycles. The molecule has 1 saturated heterocycles. The first-order valence-electron chi connectivity index (χ1n) is 7.32. The highest BCUT2D eigenvalue weighted by Crippen LogP contribution is 2.30. The molecule has 110 valence electrons. The Morgan fingerprint density at radius 3 is 2.70 bits per heavy atom. The summed E-state index contributed by atoms with van der Waals surface area (Å²) in [6, 6.07) is 5.51. The van der Waals surface area contributed by atoms with Crippen LogP contribution in [0.5, 0.6) is 0 Å². The highest BCUT2D eigenvalue weighted by Gasteiger charge is 2.22. The van der Waals surface area contributed by atoms with Gasteiger partial charge in [0.25, 0.3) is 5.69 Å². The summed E-state index contributed by atoms with van der Waals surface area (Å²) in [5, 5.41) is 14.6. The monoisotopic (exact) mass is 277 g/mol. The number of nitro groups is 1. The van der Waals surface area contributed by atoms with E-state index < -0.39 is 0 Å². The SMILES string of the molecule is CCN(CC1CCNCC1)c1ccc(C)cc1[N+](=O)[O-]. The highest BCUT2D eigenvalue weighted by molar-refractivity contribution is 5.64. The van der Waals surface area contributed by atoms with Gasteiger partial charge in [-0.2, -0.15) is 0 Å². The number of hydrogen-bond acceptors (Lipinski definition) is 4. The van der Waals surface area contributed by atoms with Crippen molar-refractivity contribution >= 4 is 11.4 Å². The van der Waals surface area contributed by atoms with E-state index in [2.05, 4.69) is 17.1 Å². The average molecular weight is 277 g/mol. The summed E-state index contributed by atoms with van der Waals surface area (Å²) >= 11 is 0. The van der Waals surface area contributed by atoms with Crippen molar-refractivity contribution in [3.8, 4) is 0 Å². The van der Waals surface area contributed by atoms with Crippen molar-refractivity contribution < 1.29 is 4.92 Å². The number of benzene rings is 1. The number of nitro benzene ring substituents is 1. The van der Waals surface area contributed by atoms with E-state index in [1.54, 1.807) is 6.07 Å². The van der Waals surface area contributed by atoms with E-state index in [0.717, 1.165) is 50.3 Å². The number of aryl methyl sites for hydroxylation is 1. The fourth-order valence-corrected chi connectivity index (χ4v) is 2.82. The molecule has 1 N–H and O–H groups in total. The second-order valence-corrected chi connectivity index (χ2v) is 5.48. The summed E-state index contributed by atoms with van der Waals surface area (Å²) < 4.78 is 0. The van der Waals surface area contributed by atoms with Gasteiger partial charge in [-0.05, 0) is 57.3 Å². The maximum atomic E-state index is 11.3. The number of anilines is 1. The molecule has 1 fully saturated rings. The minimum atomic E-state index is -0.270. The molecule has 0 saturated carbocycles. The van der Waals surface area contributed by atoms with Crippen LogP contribution in [-0.4, -0.2) is 31.1 Å². The van der Waals surface area contributed by atoms with E-state index >= 15 is 0 Å². The summed E-state index contributed by atoms with van der Waals surface area (Å²) in [4.78, 5) is 13.1. The van der Waals surface area contributed by atoms with E-state index in [0.29, 0.717) is 5.92 Å². The molecule has 0 aliphatic carbocycles. The quantitative estimate of drug-likeness (QED) is 0.664. The molecule has 1 aromatic carbocycles. The summed E-state index contributed by atoms with van der Waals surface area (Å²) in [5.74, 6) is 0.622. The zero-order valence-electron chi connectivity index (χ0n) is 12.3. The third-order valence-corrected chi connectivity index (χ3v) is 3.99. The predicted octanol–water partition coefficient (Wildman–Crippen LogP) is 2.73. The van der Waals surface area contributed by atoms with Gasteiger partial charge in [0.1, 0.15) is 5.69 Å². The topological polar surface area (TPSA) is 58.4 Å². The normalized spacial score (nSPS) is 16.1. The molecular weight excluding hydrogens is 254 g/mol. The van der Waals surface area contributed by atoms with Gasteiger partial charge in [-0.25, -0.2) is 0 Å². The fourth-order valence-electron chi connectivity index (χ4n) is 2.82. The zero-order chi connectivity index (χ0) is 14.5. The summed E-state index contributed by atoms with van der Waals surface area (Å²) in [5.41, 5.74) is 1.90. The molecule has 1 aliphatic heterocycles. The van der Waals surface area contributed by atoms with Gasteiger partial charge in [-0.3, -0.25) is 10.1 Å². The van der Waals surface area contributed by atoms with Crippen LogP contribution in [0, 0.1) is 23.0 Å². The first-order chi connectivity index (χ1) is 9.61. The van der Waals surface area contributed by atoms with Gasteiger partial charge in [0.2, 0.25) is 0 Å². The molecule has 1 aromatic rings. The molecule has 1 aliphatic rings. The van der Waals surface area contributed by atoms with Crippen molar-refractivity contribution in [2.75, 3.05) is 31.1 Å². The second-order valence-electron chi connectivity index (χ2n) is 5.48. The molecule has 0 radical (unpaired) electrons. The van der Waals surface area contributed by atoms with Crippen LogP contribution in [0.1, 0.15) is 25.3 Å². The number of nitrogens with one attached hydrogen (secondary N) is 1. The average Bonchev–Trinajstić information content (AvgIpc) is 2.46. The second kappa shape index (κ2) is 6.70. The summed E-state index contributed by atoms with van der Waals surface area (Å²) in [6.45, 7) is 7.76. The van der Waals surface area contributed by atoms with E-state index in [9.17, 15) is 10.1 Å². The van der Waals surface area contributed by atoms with Crippen LogP contribution in [0.15, 0.2) is 18.2 Å². The number of hydrogen-bond donors (Lipinski definition) is 1.